The third kappa shape index (κ3) is 4.93. The molecule has 2 unspecified atom stereocenters. The highest BCUT2D eigenvalue weighted by Gasteiger charge is 2.44. The summed E-state index contributed by atoms with van der Waals surface area (Å²) in [5.74, 6) is -0.468. The maximum absolute atomic E-state index is 13.0. The Kier molecular flexibility index (Phi) is 6.38. The van der Waals surface area contributed by atoms with Gasteiger partial charge in [0.2, 0.25) is 10.0 Å². The Morgan fingerprint density at radius 2 is 1.69 bits per heavy atom. The van der Waals surface area contributed by atoms with Crippen LogP contribution in [-0.2, 0) is 22.4 Å². The lowest BCUT2D eigenvalue weighted by Gasteiger charge is -2.34. The minimum absolute atomic E-state index is 0.115. The maximum Gasteiger partial charge on any atom is 0.416 e. The number of nitrogens with one attached hydrogen (secondary N) is 1. The van der Waals surface area contributed by atoms with Crippen LogP contribution < -0.4 is 10.5 Å². The quantitative estimate of drug-likeness (QED) is 0.415. The first-order valence-electron chi connectivity index (χ1n) is 9.03. The number of carboxylic acid groups (broad SMARTS) is 1. The summed E-state index contributed by atoms with van der Waals surface area (Å²) in [5.41, 5.74) is 2.83. The first kappa shape index (κ1) is 24.5. The average Bonchev–Trinajstić information content (AvgIpc) is 2.99. The number of thioether (sulfide) groups is 1. The van der Waals surface area contributed by atoms with Gasteiger partial charge in [0.15, 0.2) is 0 Å². The summed E-state index contributed by atoms with van der Waals surface area (Å²) >= 11 is 0.842. The standard InChI is InChI=1S/C17H17F6N3O4S2/c18-16(19,20)8-3-9(17(21,22)23)5-11(4-8)32(29,30)25-7-31-14-12(24)6-10-1-2-13(14)26(10)15(27)28/h3-5,10,13,25H,1-2,6-7,24H2,(H,27,28). The van der Waals surface area contributed by atoms with Gasteiger partial charge >= 0.3 is 18.4 Å². The number of hydrogen-bond acceptors (Lipinski definition) is 5. The summed E-state index contributed by atoms with van der Waals surface area (Å²) in [6.07, 6.45) is -10.3. The van der Waals surface area contributed by atoms with Crippen molar-refractivity contribution in [2.24, 2.45) is 5.73 Å². The molecule has 32 heavy (non-hydrogen) atoms. The number of nitrogens with zero attached hydrogens (tertiary/aromatic N) is 1. The molecule has 4 N–H and O–H groups in total. The highest BCUT2D eigenvalue weighted by atomic mass is 32.2. The number of benzene rings is 1. The Morgan fingerprint density at radius 1 is 1.12 bits per heavy atom. The van der Waals surface area contributed by atoms with Gasteiger partial charge in [0.1, 0.15) is 0 Å². The van der Waals surface area contributed by atoms with Crippen molar-refractivity contribution in [1.29, 1.82) is 0 Å². The Hall–Kier alpha value is -2.13. The summed E-state index contributed by atoms with van der Waals surface area (Å²) in [7, 11) is -4.75. The van der Waals surface area contributed by atoms with Crippen molar-refractivity contribution in [2.45, 2.75) is 48.6 Å². The smallest absolute Gasteiger partial charge is 0.416 e. The summed E-state index contributed by atoms with van der Waals surface area (Å²) in [6, 6.07) is -0.803. The molecule has 1 saturated heterocycles. The van der Waals surface area contributed by atoms with E-state index in [1.807, 2.05) is 4.72 Å². The monoisotopic (exact) mass is 505 g/mol. The minimum atomic E-state index is -5.19. The van der Waals surface area contributed by atoms with E-state index >= 15 is 0 Å². The molecule has 3 rings (SSSR count). The third-order valence-corrected chi connectivity index (χ3v) is 7.84. The second-order valence-corrected chi connectivity index (χ2v) is 9.99. The zero-order chi connectivity index (χ0) is 24.1. The van der Waals surface area contributed by atoms with Crippen LogP contribution in [0.2, 0.25) is 0 Å². The number of rotatable bonds is 5. The van der Waals surface area contributed by atoms with Gasteiger partial charge < -0.3 is 10.8 Å². The number of nitrogens with two attached hydrogens (primary N) is 1. The predicted molar refractivity (Wildman–Crippen MR) is 102 cm³/mol. The number of alkyl halides is 6. The van der Waals surface area contributed by atoms with E-state index in [4.69, 9.17) is 5.73 Å². The van der Waals surface area contributed by atoms with Crippen molar-refractivity contribution in [3.8, 4) is 0 Å². The highest BCUT2D eigenvalue weighted by Crippen LogP contribution is 2.42. The first-order valence-corrected chi connectivity index (χ1v) is 11.5. The summed E-state index contributed by atoms with van der Waals surface area (Å²) in [4.78, 5) is 11.9. The molecule has 2 heterocycles. The lowest BCUT2D eigenvalue weighted by molar-refractivity contribution is -0.143. The Labute approximate surface area is 182 Å². The molecular formula is C17H17F6N3O4S2. The molecule has 2 bridgehead atoms. The Balaban J connectivity index is 1.81. The van der Waals surface area contributed by atoms with Crippen molar-refractivity contribution in [2.75, 3.05) is 5.88 Å². The fourth-order valence-corrected chi connectivity index (χ4v) is 6.17. The highest BCUT2D eigenvalue weighted by molar-refractivity contribution is 8.03. The molecule has 2 aliphatic heterocycles. The molecule has 15 heteroatoms. The maximum atomic E-state index is 13.0. The molecule has 2 atom stereocenters. The number of halogens is 6. The van der Waals surface area contributed by atoms with Gasteiger partial charge in [-0.3, -0.25) is 4.90 Å². The second-order valence-electron chi connectivity index (χ2n) is 7.21. The summed E-state index contributed by atoms with van der Waals surface area (Å²) in [6.45, 7) is 0. The lowest BCUT2D eigenvalue weighted by Crippen LogP contribution is -2.45. The van der Waals surface area contributed by atoms with Crippen LogP contribution in [-0.4, -0.2) is 42.5 Å². The normalized spacial score (nSPS) is 21.9. The van der Waals surface area contributed by atoms with E-state index in [-0.39, 0.29) is 30.7 Å². The molecule has 1 aromatic carbocycles. The van der Waals surface area contributed by atoms with E-state index in [2.05, 4.69) is 0 Å². The van der Waals surface area contributed by atoms with Crippen molar-refractivity contribution in [3.05, 3.63) is 39.9 Å². The Bertz CT molecular complexity index is 1020. The predicted octanol–water partition coefficient (Wildman–Crippen LogP) is 3.78. The van der Waals surface area contributed by atoms with Crippen LogP contribution in [0, 0.1) is 0 Å². The molecular weight excluding hydrogens is 488 g/mol. The molecule has 1 aromatic rings. The van der Waals surface area contributed by atoms with Gasteiger partial charge in [0.05, 0.1) is 27.9 Å². The van der Waals surface area contributed by atoms with E-state index < -0.39 is 56.4 Å². The average molecular weight is 505 g/mol. The van der Waals surface area contributed by atoms with Gasteiger partial charge in [-0.25, -0.2) is 17.9 Å². The van der Waals surface area contributed by atoms with Crippen LogP contribution in [0.3, 0.4) is 0 Å². The number of hydrogen-bond donors (Lipinski definition) is 3. The van der Waals surface area contributed by atoms with Gasteiger partial charge in [-0.15, -0.1) is 11.8 Å². The minimum Gasteiger partial charge on any atom is -0.465 e. The van der Waals surface area contributed by atoms with Crippen molar-refractivity contribution in [1.82, 2.24) is 9.62 Å². The van der Waals surface area contributed by atoms with Gasteiger partial charge in [0.25, 0.3) is 0 Å². The zero-order valence-corrected chi connectivity index (χ0v) is 17.6. The molecule has 0 aliphatic carbocycles. The van der Waals surface area contributed by atoms with Crippen LogP contribution in [0.1, 0.15) is 30.4 Å². The van der Waals surface area contributed by atoms with Crippen LogP contribution >= 0.6 is 11.8 Å². The molecule has 0 radical (unpaired) electrons. The van der Waals surface area contributed by atoms with E-state index in [9.17, 15) is 44.7 Å². The summed E-state index contributed by atoms with van der Waals surface area (Å²) in [5, 5.41) is 9.37. The van der Waals surface area contributed by atoms with Gasteiger partial charge in [-0.05, 0) is 31.0 Å². The first-order chi connectivity index (χ1) is 14.6. The molecule has 0 spiro atoms. The Morgan fingerprint density at radius 3 is 2.19 bits per heavy atom. The molecule has 7 nitrogen and oxygen atoms in total. The van der Waals surface area contributed by atoms with Gasteiger partial charge in [-0.1, -0.05) is 0 Å². The van der Waals surface area contributed by atoms with E-state index in [0.717, 1.165) is 11.8 Å². The molecule has 1 amide bonds. The summed E-state index contributed by atoms with van der Waals surface area (Å²) < 4.78 is 105. The molecule has 1 fully saturated rings. The zero-order valence-electron chi connectivity index (χ0n) is 16.0. The van der Waals surface area contributed by atoms with E-state index in [1.165, 1.54) is 4.90 Å². The molecule has 0 aromatic heterocycles. The lowest BCUT2D eigenvalue weighted by atomic mass is 10.1. The SMILES string of the molecule is NC1=C(SCNS(=O)(=O)c2cc(C(F)(F)F)cc(C(F)(F)F)c2)C2CCC(C1)N2C(=O)O. The van der Waals surface area contributed by atoms with Gasteiger partial charge in [0, 0.05) is 23.1 Å². The van der Waals surface area contributed by atoms with Crippen LogP contribution in [0.5, 0.6) is 0 Å². The third-order valence-electron chi connectivity index (χ3n) is 5.15. The number of sulfonamides is 1. The number of fused-ring (bicyclic) bond motifs is 2. The van der Waals surface area contributed by atoms with Crippen LogP contribution in [0.4, 0.5) is 31.1 Å². The fraction of sp³-hybridized carbons (Fsp3) is 0.471. The van der Waals surface area contributed by atoms with Gasteiger partial charge in [-0.2, -0.15) is 26.3 Å². The van der Waals surface area contributed by atoms with Crippen molar-refractivity contribution < 1.29 is 44.7 Å². The second kappa shape index (κ2) is 8.33. The topological polar surface area (TPSA) is 113 Å². The van der Waals surface area contributed by atoms with Crippen molar-refractivity contribution >= 4 is 27.9 Å². The largest absolute Gasteiger partial charge is 0.465 e. The molecule has 178 valence electrons. The van der Waals surface area contributed by atoms with E-state index in [0.29, 0.717) is 23.4 Å². The molecule has 0 saturated carbocycles. The van der Waals surface area contributed by atoms with Crippen molar-refractivity contribution in [3.63, 3.8) is 0 Å². The fourth-order valence-electron chi connectivity index (χ4n) is 3.74. The van der Waals surface area contributed by atoms with E-state index in [1.54, 1.807) is 0 Å². The number of carbonyl (C=O) groups is 1. The van der Waals surface area contributed by atoms with Crippen LogP contribution in [0.25, 0.3) is 0 Å². The van der Waals surface area contributed by atoms with Crippen LogP contribution in [0.15, 0.2) is 33.7 Å². The molecule has 2 aliphatic rings. The number of amides is 1.